The average Bonchev–Trinajstić information content (AvgIpc) is 2.74. The number of nitrogens with zero attached hydrogens (tertiary/aromatic N) is 2. The fourth-order valence-electron chi connectivity index (χ4n) is 1.40. The minimum Gasteiger partial charge on any atom is -0.338 e. The molecule has 0 saturated carbocycles. The number of nitro groups is 1. The van der Waals surface area contributed by atoms with Gasteiger partial charge in [0, 0.05) is 18.2 Å². The molecule has 0 radical (unpaired) electrons. The molecule has 1 aromatic carbocycles. The van der Waals surface area contributed by atoms with Gasteiger partial charge in [0.25, 0.3) is 11.6 Å². The Bertz CT molecular complexity index is 653. The van der Waals surface area contributed by atoms with Crippen LogP contribution in [-0.4, -0.2) is 16.0 Å². The molecule has 1 amide bonds. The Morgan fingerprint density at radius 2 is 2.21 bits per heavy atom. The van der Waals surface area contributed by atoms with Crippen molar-refractivity contribution in [3.05, 3.63) is 50.7 Å². The first-order valence-corrected chi connectivity index (χ1v) is 5.54. The number of anilines is 1. The molecule has 2 rings (SSSR count). The third-order valence-electron chi connectivity index (χ3n) is 2.27. The monoisotopic (exact) mass is 281 g/mol. The molecule has 7 nitrogen and oxygen atoms in total. The van der Waals surface area contributed by atoms with Crippen LogP contribution in [0, 0.1) is 17.0 Å². The highest BCUT2D eigenvalue weighted by Gasteiger charge is 2.17. The van der Waals surface area contributed by atoms with Gasteiger partial charge in [0.2, 0.25) is 5.88 Å². The Hall–Kier alpha value is -2.41. The van der Waals surface area contributed by atoms with Crippen molar-refractivity contribution in [3.63, 3.8) is 0 Å². The fraction of sp³-hybridized carbons (Fsp3) is 0.0909. The van der Waals surface area contributed by atoms with Crippen LogP contribution in [-0.2, 0) is 0 Å². The lowest BCUT2D eigenvalue weighted by atomic mass is 10.2. The maximum absolute atomic E-state index is 11.9. The van der Waals surface area contributed by atoms with Gasteiger partial charge in [-0.05, 0) is 13.0 Å². The van der Waals surface area contributed by atoms with Gasteiger partial charge in [0.15, 0.2) is 0 Å². The molecular formula is C11H8ClN3O4. The van der Waals surface area contributed by atoms with Crippen molar-refractivity contribution in [1.29, 1.82) is 0 Å². The smallest absolute Gasteiger partial charge is 0.270 e. The van der Waals surface area contributed by atoms with E-state index >= 15 is 0 Å². The normalized spacial score (nSPS) is 10.2. The molecule has 0 aliphatic carbocycles. The van der Waals surface area contributed by atoms with E-state index in [1.807, 2.05) is 0 Å². The van der Waals surface area contributed by atoms with Crippen LogP contribution in [0.25, 0.3) is 0 Å². The Labute approximate surface area is 112 Å². The van der Waals surface area contributed by atoms with Crippen LogP contribution in [0.4, 0.5) is 11.6 Å². The van der Waals surface area contributed by atoms with Crippen LogP contribution in [0.1, 0.15) is 16.1 Å². The number of benzene rings is 1. The van der Waals surface area contributed by atoms with E-state index in [4.69, 9.17) is 16.1 Å². The van der Waals surface area contributed by atoms with E-state index in [1.165, 1.54) is 18.2 Å². The lowest BCUT2D eigenvalue weighted by molar-refractivity contribution is -0.384. The predicted octanol–water partition coefficient (Wildman–Crippen LogP) is 2.80. The number of nitrogens with one attached hydrogen (secondary N) is 1. The third kappa shape index (κ3) is 2.89. The summed E-state index contributed by atoms with van der Waals surface area (Å²) in [5.41, 5.74) is 0.369. The summed E-state index contributed by atoms with van der Waals surface area (Å²) in [4.78, 5) is 22.0. The molecule has 0 fully saturated rings. The number of non-ortho nitro benzene ring substituents is 1. The molecule has 0 unspecified atom stereocenters. The average molecular weight is 282 g/mol. The number of carbonyl (C=O) groups excluding carboxylic acids is 1. The summed E-state index contributed by atoms with van der Waals surface area (Å²) in [5.74, 6) is -0.463. The lowest BCUT2D eigenvalue weighted by Crippen LogP contribution is -2.12. The highest BCUT2D eigenvalue weighted by atomic mass is 35.5. The largest absolute Gasteiger partial charge is 0.338 e. The number of amides is 1. The zero-order valence-corrected chi connectivity index (χ0v) is 10.5. The van der Waals surface area contributed by atoms with Crippen LogP contribution in [0.15, 0.2) is 28.8 Å². The molecular weight excluding hydrogens is 274 g/mol. The van der Waals surface area contributed by atoms with E-state index in [0.717, 1.165) is 6.07 Å². The standard InChI is InChI=1S/C11H8ClN3O4/c1-6-4-10(19-14-6)13-11(16)8-5-7(15(17)18)2-3-9(8)12/h2-5H,1H3,(H,13,16). The van der Waals surface area contributed by atoms with Gasteiger partial charge in [0.1, 0.15) is 0 Å². The first-order valence-electron chi connectivity index (χ1n) is 5.16. The SMILES string of the molecule is Cc1cc(NC(=O)c2cc([N+](=O)[O-])ccc2Cl)on1. The maximum atomic E-state index is 11.9. The second-order valence-electron chi connectivity index (χ2n) is 3.71. The highest BCUT2D eigenvalue weighted by Crippen LogP contribution is 2.23. The number of hydrogen-bond donors (Lipinski definition) is 1. The summed E-state index contributed by atoms with van der Waals surface area (Å²) in [5, 5.41) is 16.8. The van der Waals surface area contributed by atoms with Gasteiger partial charge in [-0.15, -0.1) is 0 Å². The molecule has 0 saturated heterocycles. The maximum Gasteiger partial charge on any atom is 0.270 e. The number of hydrogen-bond acceptors (Lipinski definition) is 5. The minimum atomic E-state index is -0.607. The van der Waals surface area contributed by atoms with Gasteiger partial charge in [0.05, 0.1) is 21.2 Å². The molecule has 0 aliphatic rings. The highest BCUT2D eigenvalue weighted by molar-refractivity contribution is 6.34. The van der Waals surface area contributed by atoms with Gasteiger partial charge in [-0.2, -0.15) is 0 Å². The van der Waals surface area contributed by atoms with E-state index < -0.39 is 10.8 Å². The van der Waals surface area contributed by atoms with Crippen molar-refractivity contribution in [2.24, 2.45) is 0 Å². The Morgan fingerprint density at radius 1 is 1.47 bits per heavy atom. The number of aromatic nitrogens is 1. The Morgan fingerprint density at radius 3 is 2.79 bits per heavy atom. The molecule has 8 heteroatoms. The molecule has 0 atom stereocenters. The molecule has 0 spiro atoms. The van der Waals surface area contributed by atoms with Crippen LogP contribution in [0.3, 0.4) is 0 Å². The topological polar surface area (TPSA) is 98.3 Å². The summed E-state index contributed by atoms with van der Waals surface area (Å²) < 4.78 is 4.82. The quantitative estimate of drug-likeness (QED) is 0.689. The molecule has 1 N–H and O–H groups in total. The first kappa shape index (κ1) is 13.0. The summed E-state index contributed by atoms with van der Waals surface area (Å²) >= 11 is 5.84. The van der Waals surface area contributed by atoms with Crippen LogP contribution < -0.4 is 5.32 Å². The van der Waals surface area contributed by atoms with Crippen molar-refractivity contribution in [3.8, 4) is 0 Å². The van der Waals surface area contributed by atoms with Gasteiger partial charge in [-0.1, -0.05) is 16.8 Å². The van der Waals surface area contributed by atoms with Crippen molar-refractivity contribution >= 4 is 29.1 Å². The molecule has 0 aliphatic heterocycles. The third-order valence-corrected chi connectivity index (χ3v) is 2.60. The molecule has 98 valence electrons. The Balaban J connectivity index is 2.27. The number of rotatable bonds is 3. The second-order valence-corrected chi connectivity index (χ2v) is 4.12. The van der Waals surface area contributed by atoms with Crippen molar-refractivity contribution in [2.75, 3.05) is 5.32 Å². The van der Waals surface area contributed by atoms with Crippen molar-refractivity contribution < 1.29 is 14.2 Å². The molecule has 0 bridgehead atoms. The number of carbonyl (C=O) groups is 1. The van der Waals surface area contributed by atoms with Crippen molar-refractivity contribution in [2.45, 2.75) is 6.92 Å². The number of halogens is 1. The fourth-order valence-corrected chi connectivity index (χ4v) is 1.61. The van der Waals surface area contributed by atoms with Gasteiger partial charge in [-0.25, -0.2) is 0 Å². The van der Waals surface area contributed by atoms with E-state index in [1.54, 1.807) is 6.92 Å². The van der Waals surface area contributed by atoms with Gasteiger partial charge >= 0.3 is 0 Å². The Kier molecular flexibility index (Phi) is 3.48. The minimum absolute atomic E-state index is 0.00933. The van der Waals surface area contributed by atoms with Gasteiger partial charge in [-0.3, -0.25) is 20.2 Å². The van der Waals surface area contributed by atoms with E-state index in [0.29, 0.717) is 5.69 Å². The van der Waals surface area contributed by atoms with E-state index in [9.17, 15) is 14.9 Å². The van der Waals surface area contributed by atoms with Crippen LogP contribution in [0.2, 0.25) is 5.02 Å². The van der Waals surface area contributed by atoms with Gasteiger partial charge < -0.3 is 4.52 Å². The summed E-state index contributed by atoms with van der Waals surface area (Å²) in [6.07, 6.45) is 0. The van der Waals surface area contributed by atoms with Crippen LogP contribution in [0.5, 0.6) is 0 Å². The van der Waals surface area contributed by atoms with E-state index in [2.05, 4.69) is 10.5 Å². The molecule has 1 heterocycles. The summed E-state index contributed by atoms with van der Waals surface area (Å²) in [6.45, 7) is 1.69. The van der Waals surface area contributed by atoms with Crippen molar-refractivity contribution in [1.82, 2.24) is 5.16 Å². The zero-order chi connectivity index (χ0) is 14.0. The predicted molar refractivity (Wildman–Crippen MR) is 67.3 cm³/mol. The lowest BCUT2D eigenvalue weighted by Gasteiger charge is -2.03. The second kappa shape index (κ2) is 5.07. The molecule has 1 aromatic heterocycles. The van der Waals surface area contributed by atoms with E-state index in [-0.39, 0.29) is 22.2 Å². The molecule has 2 aromatic rings. The zero-order valence-electron chi connectivity index (χ0n) is 9.71. The number of nitro benzene ring substituents is 1. The summed E-state index contributed by atoms with van der Waals surface area (Å²) in [6, 6.07) is 5.13. The van der Waals surface area contributed by atoms with Crippen LogP contribution >= 0.6 is 11.6 Å². The number of aryl methyl sites for hydroxylation is 1. The first-order chi connectivity index (χ1) is 8.97. The summed E-state index contributed by atoms with van der Waals surface area (Å²) in [7, 11) is 0. The molecule has 19 heavy (non-hydrogen) atoms.